The van der Waals surface area contributed by atoms with Gasteiger partial charge in [-0.15, -0.1) is 11.8 Å². The van der Waals surface area contributed by atoms with Crippen molar-refractivity contribution in [3.05, 3.63) is 28.2 Å². The predicted molar refractivity (Wildman–Crippen MR) is 73.1 cm³/mol. The highest BCUT2D eigenvalue weighted by molar-refractivity contribution is 9.10. The van der Waals surface area contributed by atoms with Crippen LogP contribution in [-0.2, 0) is 9.59 Å². The number of likely N-dealkylation sites (tertiary alicyclic amines) is 1. The first kappa shape index (κ1) is 14.1. The molecular formula is C12H10BrNO4S. The molecule has 1 aliphatic rings. The van der Waals surface area contributed by atoms with E-state index in [1.807, 2.05) is 0 Å². The van der Waals surface area contributed by atoms with E-state index in [4.69, 9.17) is 5.11 Å². The van der Waals surface area contributed by atoms with Crippen LogP contribution in [0.5, 0.6) is 0 Å². The summed E-state index contributed by atoms with van der Waals surface area (Å²) in [6.45, 7) is 0. The van der Waals surface area contributed by atoms with Gasteiger partial charge in [0, 0.05) is 22.8 Å². The molecule has 1 aromatic carbocycles. The maximum absolute atomic E-state index is 11.8. The molecule has 0 radical (unpaired) electrons. The zero-order valence-corrected chi connectivity index (χ0v) is 12.3. The zero-order chi connectivity index (χ0) is 14.2. The Labute approximate surface area is 122 Å². The molecule has 5 nitrogen and oxygen atoms in total. The average molecular weight is 344 g/mol. The fraction of sp³-hybridized carbons (Fsp3) is 0.250. The second-order valence-electron chi connectivity index (χ2n) is 4.05. The highest BCUT2D eigenvalue weighted by Gasteiger charge is 2.36. The first-order valence-electron chi connectivity index (χ1n) is 5.40. The van der Waals surface area contributed by atoms with Gasteiger partial charge in [0.15, 0.2) is 0 Å². The maximum Gasteiger partial charge on any atom is 0.336 e. The number of carbonyl (C=O) groups is 3. The zero-order valence-electron chi connectivity index (χ0n) is 9.92. The fourth-order valence-electron chi connectivity index (χ4n) is 1.72. The van der Waals surface area contributed by atoms with Gasteiger partial charge in [-0.3, -0.25) is 14.5 Å². The topological polar surface area (TPSA) is 74.7 Å². The molecule has 1 heterocycles. The standard InChI is InChI=1S/C12H10BrNO4S/c1-14-10(15)5-9(11(14)16)19-6-2-3-8(13)7(4-6)12(17)18/h2-4,9H,5H2,1H3,(H,17,18). The molecular weight excluding hydrogens is 334 g/mol. The third kappa shape index (κ3) is 2.82. The van der Waals surface area contributed by atoms with Crippen LogP contribution in [0.3, 0.4) is 0 Å². The number of carbonyl (C=O) groups excluding carboxylic acids is 2. The molecule has 7 heteroatoms. The minimum absolute atomic E-state index is 0.134. The van der Waals surface area contributed by atoms with Crippen molar-refractivity contribution in [2.75, 3.05) is 7.05 Å². The Hall–Kier alpha value is -1.34. The van der Waals surface area contributed by atoms with Crippen molar-refractivity contribution in [3.8, 4) is 0 Å². The number of hydrogen-bond acceptors (Lipinski definition) is 4. The lowest BCUT2D eigenvalue weighted by Crippen LogP contribution is -2.26. The molecule has 0 aliphatic carbocycles. The molecule has 100 valence electrons. The third-order valence-electron chi connectivity index (χ3n) is 2.79. The highest BCUT2D eigenvalue weighted by Crippen LogP contribution is 2.32. The van der Waals surface area contributed by atoms with Crippen molar-refractivity contribution < 1.29 is 19.5 Å². The minimum atomic E-state index is -1.04. The third-order valence-corrected chi connectivity index (χ3v) is 4.66. The predicted octanol–water partition coefficient (Wildman–Crippen LogP) is 2.00. The molecule has 0 bridgehead atoms. The summed E-state index contributed by atoms with van der Waals surface area (Å²) >= 11 is 4.37. The van der Waals surface area contributed by atoms with Crippen LogP contribution in [0, 0.1) is 0 Å². The molecule has 1 fully saturated rings. The van der Waals surface area contributed by atoms with Crippen molar-refractivity contribution in [2.24, 2.45) is 0 Å². The number of carboxylic acids is 1. The summed E-state index contributed by atoms with van der Waals surface area (Å²) < 4.78 is 0.482. The molecule has 1 saturated heterocycles. The molecule has 1 aliphatic heterocycles. The number of rotatable bonds is 3. The number of thioether (sulfide) groups is 1. The second-order valence-corrected chi connectivity index (χ2v) is 6.18. The fourth-order valence-corrected chi connectivity index (χ4v) is 3.28. The van der Waals surface area contributed by atoms with Crippen molar-refractivity contribution >= 4 is 45.5 Å². The molecule has 0 aromatic heterocycles. The lowest BCUT2D eigenvalue weighted by molar-refractivity contribution is -0.136. The molecule has 2 amide bonds. The van der Waals surface area contributed by atoms with Crippen molar-refractivity contribution in [1.82, 2.24) is 4.90 Å². The average Bonchev–Trinajstić information content (AvgIpc) is 2.59. The normalized spacial score (nSPS) is 19.1. The van der Waals surface area contributed by atoms with E-state index < -0.39 is 11.2 Å². The number of halogens is 1. The van der Waals surface area contributed by atoms with Crippen molar-refractivity contribution in [3.63, 3.8) is 0 Å². The van der Waals surface area contributed by atoms with Gasteiger partial charge in [0.05, 0.1) is 10.8 Å². The summed E-state index contributed by atoms with van der Waals surface area (Å²) in [6.07, 6.45) is 0.151. The molecule has 2 rings (SSSR count). The summed E-state index contributed by atoms with van der Waals surface area (Å²) in [4.78, 5) is 35.9. The Balaban J connectivity index is 2.21. The van der Waals surface area contributed by atoms with Crippen LogP contribution in [0.1, 0.15) is 16.8 Å². The van der Waals surface area contributed by atoms with Crippen LogP contribution < -0.4 is 0 Å². The molecule has 1 N–H and O–H groups in total. The van der Waals surface area contributed by atoms with Crippen LogP contribution in [0.25, 0.3) is 0 Å². The number of hydrogen-bond donors (Lipinski definition) is 1. The number of imide groups is 1. The summed E-state index contributed by atoms with van der Waals surface area (Å²) in [6, 6.07) is 4.83. The van der Waals surface area contributed by atoms with Gasteiger partial charge in [-0.2, -0.15) is 0 Å². The van der Waals surface area contributed by atoms with Crippen molar-refractivity contribution in [2.45, 2.75) is 16.6 Å². The van der Waals surface area contributed by atoms with E-state index in [-0.39, 0.29) is 23.8 Å². The van der Waals surface area contributed by atoms with Gasteiger partial charge < -0.3 is 5.11 Å². The van der Waals surface area contributed by atoms with Crippen LogP contribution in [-0.4, -0.2) is 40.1 Å². The number of carboxylic acid groups (broad SMARTS) is 1. The molecule has 1 aromatic rings. The van der Waals surface area contributed by atoms with E-state index in [1.165, 1.54) is 24.9 Å². The van der Waals surface area contributed by atoms with E-state index in [1.54, 1.807) is 12.1 Å². The SMILES string of the molecule is CN1C(=O)CC(Sc2ccc(Br)c(C(=O)O)c2)C1=O. The number of amides is 2. The second kappa shape index (κ2) is 5.34. The summed E-state index contributed by atoms with van der Waals surface area (Å²) in [5.74, 6) is -1.49. The van der Waals surface area contributed by atoms with E-state index in [0.717, 1.165) is 4.90 Å². The van der Waals surface area contributed by atoms with E-state index in [9.17, 15) is 14.4 Å². The number of aromatic carboxylic acids is 1. The van der Waals surface area contributed by atoms with Crippen molar-refractivity contribution in [1.29, 1.82) is 0 Å². The van der Waals surface area contributed by atoms with Gasteiger partial charge in [-0.1, -0.05) is 0 Å². The van der Waals surface area contributed by atoms with E-state index in [2.05, 4.69) is 15.9 Å². The first-order valence-corrected chi connectivity index (χ1v) is 7.07. The van der Waals surface area contributed by atoms with Crippen LogP contribution in [0.4, 0.5) is 0 Å². The Morgan fingerprint density at radius 3 is 2.68 bits per heavy atom. The monoisotopic (exact) mass is 343 g/mol. The molecule has 1 unspecified atom stereocenters. The quantitative estimate of drug-likeness (QED) is 0.849. The van der Waals surface area contributed by atoms with Crippen LogP contribution >= 0.6 is 27.7 Å². The summed E-state index contributed by atoms with van der Waals surface area (Å²) in [5, 5.41) is 8.55. The lowest BCUT2D eigenvalue weighted by Gasteiger charge is -2.09. The number of nitrogens with zero attached hydrogens (tertiary/aromatic N) is 1. The van der Waals surface area contributed by atoms with Gasteiger partial charge in [0.1, 0.15) is 0 Å². The van der Waals surface area contributed by atoms with E-state index in [0.29, 0.717) is 9.37 Å². The Morgan fingerprint density at radius 2 is 2.16 bits per heavy atom. The largest absolute Gasteiger partial charge is 0.478 e. The lowest BCUT2D eigenvalue weighted by atomic mass is 10.2. The Morgan fingerprint density at radius 1 is 1.47 bits per heavy atom. The smallest absolute Gasteiger partial charge is 0.336 e. The van der Waals surface area contributed by atoms with Gasteiger partial charge in [-0.25, -0.2) is 4.79 Å². The highest BCUT2D eigenvalue weighted by atomic mass is 79.9. The first-order chi connectivity index (χ1) is 8.90. The van der Waals surface area contributed by atoms with Crippen LogP contribution in [0.2, 0.25) is 0 Å². The van der Waals surface area contributed by atoms with Crippen LogP contribution in [0.15, 0.2) is 27.6 Å². The molecule has 0 saturated carbocycles. The maximum atomic E-state index is 11.8. The molecule has 19 heavy (non-hydrogen) atoms. The Bertz CT molecular complexity index is 575. The summed E-state index contributed by atoms with van der Waals surface area (Å²) in [5.41, 5.74) is 0.134. The van der Waals surface area contributed by atoms with Gasteiger partial charge in [0.25, 0.3) is 0 Å². The minimum Gasteiger partial charge on any atom is -0.478 e. The van der Waals surface area contributed by atoms with Gasteiger partial charge >= 0.3 is 5.97 Å². The number of benzene rings is 1. The molecule has 0 spiro atoms. The summed E-state index contributed by atoms with van der Waals surface area (Å²) in [7, 11) is 1.45. The molecule has 1 atom stereocenters. The van der Waals surface area contributed by atoms with Gasteiger partial charge in [0.2, 0.25) is 11.8 Å². The van der Waals surface area contributed by atoms with Gasteiger partial charge in [-0.05, 0) is 34.1 Å². The Kier molecular flexibility index (Phi) is 3.96. The van der Waals surface area contributed by atoms with E-state index >= 15 is 0 Å².